The molecule has 0 bridgehead atoms. The highest BCUT2D eigenvalue weighted by atomic mass is 32.2. The molecule has 2 rings (SSSR count). The van der Waals surface area contributed by atoms with Crippen LogP contribution in [0.1, 0.15) is 19.7 Å². The van der Waals surface area contributed by atoms with E-state index in [4.69, 9.17) is 10.6 Å². The number of thioether (sulfide) groups is 1. The highest BCUT2D eigenvalue weighted by Gasteiger charge is 2.13. The monoisotopic (exact) mass is 339 g/mol. The van der Waals surface area contributed by atoms with Crippen LogP contribution in [0.2, 0.25) is 0 Å². The molecule has 0 fully saturated rings. The molecule has 1 amide bonds. The van der Waals surface area contributed by atoms with Gasteiger partial charge in [-0.05, 0) is 26.0 Å². The van der Waals surface area contributed by atoms with Crippen LogP contribution in [0, 0.1) is 5.82 Å². The normalized spacial score (nSPS) is 10.8. The Morgan fingerprint density at radius 2 is 2.17 bits per heavy atom. The zero-order chi connectivity index (χ0) is 16.8. The maximum atomic E-state index is 13.5. The Balaban J connectivity index is 1.91. The highest BCUT2D eigenvalue weighted by molar-refractivity contribution is 7.99. The smallest absolute Gasteiger partial charge is 0.230 e. The Labute approximate surface area is 137 Å². The van der Waals surface area contributed by atoms with E-state index in [-0.39, 0.29) is 30.1 Å². The van der Waals surface area contributed by atoms with Gasteiger partial charge in [-0.2, -0.15) is 0 Å². The molecule has 0 radical (unpaired) electrons. The van der Waals surface area contributed by atoms with Crippen LogP contribution in [-0.2, 0) is 11.4 Å². The van der Waals surface area contributed by atoms with Gasteiger partial charge in [-0.15, -0.1) is 10.2 Å². The molecule has 0 aliphatic carbocycles. The van der Waals surface area contributed by atoms with Crippen LogP contribution in [0.4, 0.5) is 4.39 Å². The minimum absolute atomic E-state index is 0.0246. The number of rotatable bonds is 7. The van der Waals surface area contributed by atoms with Crippen LogP contribution in [-0.4, -0.2) is 32.6 Å². The summed E-state index contributed by atoms with van der Waals surface area (Å²) in [7, 11) is 0. The van der Waals surface area contributed by atoms with Gasteiger partial charge in [0, 0.05) is 6.04 Å². The van der Waals surface area contributed by atoms with Crippen LogP contribution in [0.3, 0.4) is 0 Å². The summed E-state index contributed by atoms with van der Waals surface area (Å²) in [6.45, 7) is 3.74. The number of hydrogen-bond donors (Lipinski definition) is 2. The molecule has 7 nitrogen and oxygen atoms in total. The van der Waals surface area contributed by atoms with Crippen LogP contribution < -0.4 is 15.9 Å². The van der Waals surface area contributed by atoms with E-state index in [1.54, 1.807) is 12.1 Å². The number of halogens is 1. The van der Waals surface area contributed by atoms with E-state index in [2.05, 4.69) is 15.5 Å². The van der Waals surface area contributed by atoms with E-state index in [9.17, 15) is 9.18 Å². The van der Waals surface area contributed by atoms with Gasteiger partial charge in [0.15, 0.2) is 17.4 Å². The number of benzene rings is 1. The molecule has 2 aromatic rings. The van der Waals surface area contributed by atoms with Crippen molar-refractivity contribution in [3.8, 4) is 5.75 Å². The fourth-order valence-electron chi connectivity index (χ4n) is 1.70. The van der Waals surface area contributed by atoms with Gasteiger partial charge < -0.3 is 15.9 Å². The van der Waals surface area contributed by atoms with Crippen molar-refractivity contribution in [1.82, 2.24) is 20.2 Å². The average molecular weight is 339 g/mol. The van der Waals surface area contributed by atoms with Crippen LogP contribution >= 0.6 is 11.8 Å². The van der Waals surface area contributed by atoms with Gasteiger partial charge >= 0.3 is 0 Å². The molecule has 9 heteroatoms. The molecule has 0 unspecified atom stereocenters. The number of carbonyl (C=O) groups is 1. The van der Waals surface area contributed by atoms with Crippen LogP contribution in [0.5, 0.6) is 5.75 Å². The predicted octanol–water partition coefficient (Wildman–Crippen LogP) is 1.33. The van der Waals surface area contributed by atoms with Gasteiger partial charge in [-0.25, -0.2) is 9.07 Å². The standard InChI is InChI=1S/C14H18FN5O2S/c1-9(2)17-13(21)8-23-14-19-18-12(20(14)16)7-22-11-6-4-3-5-10(11)15/h3-6,9H,7-8,16H2,1-2H3,(H,17,21). The van der Waals surface area contributed by atoms with Gasteiger partial charge in [0.25, 0.3) is 0 Å². The average Bonchev–Trinajstić information content (AvgIpc) is 2.84. The maximum Gasteiger partial charge on any atom is 0.230 e. The van der Waals surface area contributed by atoms with Crippen molar-refractivity contribution in [3.05, 3.63) is 35.9 Å². The van der Waals surface area contributed by atoms with E-state index in [1.807, 2.05) is 13.8 Å². The van der Waals surface area contributed by atoms with Crippen molar-refractivity contribution in [1.29, 1.82) is 0 Å². The number of nitrogens with zero attached hydrogens (tertiary/aromatic N) is 3. The van der Waals surface area contributed by atoms with Gasteiger partial charge in [-0.1, -0.05) is 23.9 Å². The molecule has 1 heterocycles. The van der Waals surface area contributed by atoms with E-state index in [0.29, 0.717) is 11.0 Å². The number of hydrogen-bond acceptors (Lipinski definition) is 6. The minimum Gasteiger partial charge on any atom is -0.482 e. The third-order valence-electron chi connectivity index (χ3n) is 2.71. The summed E-state index contributed by atoms with van der Waals surface area (Å²) in [5, 5.41) is 10.9. The van der Waals surface area contributed by atoms with Crippen molar-refractivity contribution in [3.63, 3.8) is 0 Å². The predicted molar refractivity (Wildman–Crippen MR) is 84.9 cm³/mol. The van der Waals surface area contributed by atoms with Crippen molar-refractivity contribution >= 4 is 17.7 Å². The second-order valence-electron chi connectivity index (χ2n) is 5.00. The van der Waals surface area contributed by atoms with E-state index >= 15 is 0 Å². The Hall–Kier alpha value is -2.29. The van der Waals surface area contributed by atoms with Gasteiger partial charge in [0.05, 0.1) is 5.75 Å². The molecule has 0 spiro atoms. The Morgan fingerprint density at radius 3 is 2.87 bits per heavy atom. The van der Waals surface area contributed by atoms with E-state index < -0.39 is 5.82 Å². The maximum absolute atomic E-state index is 13.5. The summed E-state index contributed by atoms with van der Waals surface area (Å²) >= 11 is 1.17. The number of para-hydroxylation sites is 1. The number of nitrogens with two attached hydrogens (primary N) is 1. The molecule has 0 saturated carbocycles. The first-order valence-corrected chi connectivity index (χ1v) is 7.94. The number of nitrogen functional groups attached to an aromatic ring is 1. The quantitative estimate of drug-likeness (QED) is 0.584. The molecule has 23 heavy (non-hydrogen) atoms. The summed E-state index contributed by atoms with van der Waals surface area (Å²) < 4.78 is 20.0. The van der Waals surface area contributed by atoms with E-state index in [0.717, 1.165) is 0 Å². The second kappa shape index (κ2) is 7.82. The first-order valence-electron chi connectivity index (χ1n) is 6.96. The summed E-state index contributed by atoms with van der Waals surface area (Å²) in [6.07, 6.45) is 0. The number of nitrogens with one attached hydrogen (secondary N) is 1. The lowest BCUT2D eigenvalue weighted by Gasteiger charge is -2.08. The second-order valence-corrected chi connectivity index (χ2v) is 5.94. The number of amides is 1. The third kappa shape index (κ3) is 4.85. The zero-order valence-corrected chi connectivity index (χ0v) is 13.6. The van der Waals surface area contributed by atoms with Crippen molar-refractivity contribution < 1.29 is 13.9 Å². The van der Waals surface area contributed by atoms with Gasteiger partial charge in [-0.3, -0.25) is 4.79 Å². The SMILES string of the molecule is CC(C)NC(=O)CSc1nnc(COc2ccccc2F)n1N. The highest BCUT2D eigenvalue weighted by Crippen LogP contribution is 2.18. The zero-order valence-electron chi connectivity index (χ0n) is 12.8. The number of carbonyl (C=O) groups excluding carboxylic acids is 1. The van der Waals surface area contributed by atoms with Crippen LogP contribution in [0.15, 0.2) is 29.4 Å². The first-order chi connectivity index (χ1) is 11.0. The summed E-state index contributed by atoms with van der Waals surface area (Å²) in [4.78, 5) is 11.6. The summed E-state index contributed by atoms with van der Waals surface area (Å²) in [5.41, 5.74) is 0. The number of ether oxygens (including phenoxy) is 1. The van der Waals surface area contributed by atoms with Gasteiger partial charge in [0.2, 0.25) is 11.1 Å². The summed E-state index contributed by atoms with van der Waals surface area (Å²) in [5.74, 6) is 5.91. The lowest BCUT2D eigenvalue weighted by molar-refractivity contribution is -0.119. The molecule has 0 aliphatic rings. The Bertz CT molecular complexity index is 677. The molecule has 124 valence electrons. The number of aromatic nitrogens is 3. The topological polar surface area (TPSA) is 95.1 Å². The van der Waals surface area contributed by atoms with Crippen molar-refractivity contribution in [2.24, 2.45) is 0 Å². The molecule has 0 aliphatic heterocycles. The summed E-state index contributed by atoms with van der Waals surface area (Å²) in [6, 6.07) is 6.13. The lowest BCUT2D eigenvalue weighted by Crippen LogP contribution is -2.31. The lowest BCUT2D eigenvalue weighted by atomic mass is 10.3. The van der Waals surface area contributed by atoms with Crippen molar-refractivity contribution in [2.75, 3.05) is 11.6 Å². The fourth-order valence-corrected chi connectivity index (χ4v) is 2.39. The molecule has 0 saturated heterocycles. The minimum atomic E-state index is -0.462. The molecule has 3 N–H and O–H groups in total. The first kappa shape index (κ1) is 17.1. The largest absolute Gasteiger partial charge is 0.482 e. The molecular formula is C14H18FN5O2S. The third-order valence-corrected chi connectivity index (χ3v) is 3.65. The molecule has 1 aromatic carbocycles. The Kier molecular flexibility index (Phi) is 5.80. The molecule has 0 atom stereocenters. The van der Waals surface area contributed by atoms with Crippen LogP contribution in [0.25, 0.3) is 0 Å². The van der Waals surface area contributed by atoms with E-state index in [1.165, 1.54) is 28.6 Å². The Morgan fingerprint density at radius 1 is 1.43 bits per heavy atom. The van der Waals surface area contributed by atoms with Crippen molar-refractivity contribution in [2.45, 2.75) is 31.7 Å². The molecular weight excluding hydrogens is 321 g/mol. The van der Waals surface area contributed by atoms with Gasteiger partial charge in [0.1, 0.15) is 6.61 Å². The fraction of sp³-hybridized carbons (Fsp3) is 0.357. The molecule has 1 aromatic heterocycles.